The van der Waals surface area contributed by atoms with Crippen molar-refractivity contribution in [2.45, 2.75) is 12.8 Å². The smallest absolute Gasteiger partial charge is 0.253 e. The van der Waals surface area contributed by atoms with Crippen LogP contribution in [0.4, 0.5) is 5.69 Å². The molecule has 4 heteroatoms. The molecule has 1 N–H and O–H groups in total. The molecule has 0 aromatic heterocycles. The van der Waals surface area contributed by atoms with Gasteiger partial charge in [-0.25, -0.2) is 0 Å². The lowest BCUT2D eigenvalue weighted by Crippen LogP contribution is -2.26. The Labute approximate surface area is 115 Å². The molecule has 1 heterocycles. The maximum absolute atomic E-state index is 11.9. The minimum absolute atomic E-state index is 0.0446. The summed E-state index contributed by atoms with van der Waals surface area (Å²) >= 11 is 0. The third-order valence-electron chi connectivity index (χ3n) is 3.47. The van der Waals surface area contributed by atoms with Gasteiger partial charge >= 0.3 is 0 Å². The Morgan fingerprint density at radius 1 is 1.32 bits per heavy atom. The van der Waals surface area contributed by atoms with Gasteiger partial charge in [-0.15, -0.1) is 0 Å². The molecule has 1 aliphatic heterocycles. The lowest BCUT2D eigenvalue weighted by molar-refractivity contribution is 0.0827. The zero-order valence-electron chi connectivity index (χ0n) is 11.9. The van der Waals surface area contributed by atoms with Crippen molar-refractivity contribution in [3.63, 3.8) is 0 Å². The fourth-order valence-corrected chi connectivity index (χ4v) is 2.38. The van der Waals surface area contributed by atoms with E-state index in [4.69, 9.17) is 0 Å². The van der Waals surface area contributed by atoms with Crippen molar-refractivity contribution >= 4 is 11.6 Å². The zero-order valence-corrected chi connectivity index (χ0v) is 11.9. The van der Waals surface area contributed by atoms with E-state index in [9.17, 15) is 4.79 Å². The third-order valence-corrected chi connectivity index (χ3v) is 3.47. The fraction of sp³-hybridized carbons (Fsp3) is 0.533. The Kier molecular flexibility index (Phi) is 4.80. The number of nitrogens with one attached hydrogen (secondary N) is 1. The van der Waals surface area contributed by atoms with Crippen LogP contribution in [0.25, 0.3) is 0 Å². The number of amides is 1. The molecule has 1 saturated heterocycles. The minimum Gasteiger partial charge on any atom is -0.384 e. The lowest BCUT2D eigenvalue weighted by Gasteiger charge is -2.16. The summed E-state index contributed by atoms with van der Waals surface area (Å²) in [5.74, 6) is 0.0446. The molecule has 4 nitrogen and oxygen atoms in total. The number of likely N-dealkylation sites (tertiary alicyclic amines) is 1. The first-order valence-electron chi connectivity index (χ1n) is 6.95. The highest BCUT2D eigenvalue weighted by Crippen LogP contribution is 2.12. The Morgan fingerprint density at radius 2 is 2.05 bits per heavy atom. The highest BCUT2D eigenvalue weighted by atomic mass is 16.2. The number of rotatable bonds is 5. The summed E-state index contributed by atoms with van der Waals surface area (Å²) in [5, 5.41) is 3.39. The summed E-state index contributed by atoms with van der Waals surface area (Å²) in [4.78, 5) is 15.9. The first kappa shape index (κ1) is 13.9. The van der Waals surface area contributed by atoms with E-state index in [1.165, 1.54) is 25.9 Å². The molecule has 0 unspecified atom stereocenters. The molecule has 0 radical (unpaired) electrons. The van der Waals surface area contributed by atoms with Crippen LogP contribution < -0.4 is 5.32 Å². The molecule has 0 bridgehead atoms. The summed E-state index contributed by atoms with van der Waals surface area (Å²) in [7, 11) is 3.55. The van der Waals surface area contributed by atoms with E-state index < -0.39 is 0 Å². The summed E-state index contributed by atoms with van der Waals surface area (Å²) in [5.41, 5.74) is 1.75. The molecular weight excluding hydrogens is 238 g/mol. The molecule has 1 fully saturated rings. The summed E-state index contributed by atoms with van der Waals surface area (Å²) < 4.78 is 0. The minimum atomic E-state index is 0.0446. The lowest BCUT2D eigenvalue weighted by atomic mass is 10.2. The number of nitrogens with zero attached hydrogens (tertiary/aromatic N) is 2. The Morgan fingerprint density at radius 3 is 2.74 bits per heavy atom. The van der Waals surface area contributed by atoms with Gasteiger partial charge in [-0.2, -0.15) is 0 Å². The third kappa shape index (κ3) is 3.96. The molecular formula is C15H23N3O. The molecule has 0 saturated carbocycles. The van der Waals surface area contributed by atoms with Gasteiger partial charge in [0.2, 0.25) is 0 Å². The van der Waals surface area contributed by atoms with Crippen molar-refractivity contribution in [1.82, 2.24) is 9.80 Å². The van der Waals surface area contributed by atoms with E-state index in [0.29, 0.717) is 0 Å². The van der Waals surface area contributed by atoms with Crippen LogP contribution in [-0.4, -0.2) is 56.0 Å². The van der Waals surface area contributed by atoms with Crippen LogP contribution in [0.5, 0.6) is 0 Å². The highest BCUT2D eigenvalue weighted by Gasteiger charge is 2.11. The Hall–Kier alpha value is -1.55. The largest absolute Gasteiger partial charge is 0.384 e. The van der Waals surface area contributed by atoms with E-state index in [-0.39, 0.29) is 5.91 Å². The topological polar surface area (TPSA) is 35.6 Å². The number of hydrogen-bond acceptors (Lipinski definition) is 3. The maximum Gasteiger partial charge on any atom is 0.253 e. The molecule has 104 valence electrons. The van der Waals surface area contributed by atoms with Gasteiger partial charge < -0.3 is 15.1 Å². The van der Waals surface area contributed by atoms with E-state index in [0.717, 1.165) is 24.3 Å². The van der Waals surface area contributed by atoms with Crippen LogP contribution in [0.1, 0.15) is 23.2 Å². The first-order chi connectivity index (χ1) is 9.16. The van der Waals surface area contributed by atoms with Crippen LogP contribution in [0.15, 0.2) is 24.3 Å². The van der Waals surface area contributed by atoms with Crippen LogP contribution in [0.2, 0.25) is 0 Å². The summed E-state index contributed by atoms with van der Waals surface area (Å²) in [6.45, 7) is 4.45. The second-order valence-electron chi connectivity index (χ2n) is 5.26. The van der Waals surface area contributed by atoms with Gasteiger partial charge in [-0.3, -0.25) is 4.79 Å². The monoisotopic (exact) mass is 261 g/mol. The SMILES string of the molecule is CN(C)C(=O)c1cccc(NCCN2CCCC2)c1. The van der Waals surface area contributed by atoms with E-state index >= 15 is 0 Å². The Balaban J connectivity index is 1.86. The van der Waals surface area contributed by atoms with Crippen molar-refractivity contribution < 1.29 is 4.79 Å². The van der Waals surface area contributed by atoms with Crippen molar-refractivity contribution in [3.8, 4) is 0 Å². The predicted octanol–water partition coefficient (Wildman–Crippen LogP) is 1.90. The molecule has 0 spiro atoms. The van der Waals surface area contributed by atoms with Gasteiger partial charge in [-0.05, 0) is 44.1 Å². The van der Waals surface area contributed by atoms with Crippen molar-refractivity contribution in [3.05, 3.63) is 29.8 Å². The molecule has 19 heavy (non-hydrogen) atoms. The number of carbonyl (C=O) groups is 1. The molecule has 1 aliphatic rings. The van der Waals surface area contributed by atoms with Crippen molar-refractivity contribution in [2.75, 3.05) is 45.6 Å². The van der Waals surface area contributed by atoms with Crippen LogP contribution in [-0.2, 0) is 0 Å². The number of benzene rings is 1. The van der Waals surface area contributed by atoms with E-state index in [1.54, 1.807) is 19.0 Å². The molecule has 1 amide bonds. The second-order valence-corrected chi connectivity index (χ2v) is 5.26. The van der Waals surface area contributed by atoms with Crippen molar-refractivity contribution in [1.29, 1.82) is 0 Å². The fourth-order valence-electron chi connectivity index (χ4n) is 2.38. The van der Waals surface area contributed by atoms with Crippen LogP contribution >= 0.6 is 0 Å². The van der Waals surface area contributed by atoms with E-state index in [2.05, 4.69) is 10.2 Å². The van der Waals surface area contributed by atoms with Gasteiger partial charge in [0.25, 0.3) is 5.91 Å². The number of hydrogen-bond donors (Lipinski definition) is 1. The average Bonchev–Trinajstić information content (AvgIpc) is 2.91. The molecule has 0 aliphatic carbocycles. The number of carbonyl (C=O) groups excluding carboxylic acids is 1. The summed E-state index contributed by atoms with van der Waals surface area (Å²) in [6.07, 6.45) is 2.65. The molecule has 1 aromatic carbocycles. The van der Waals surface area contributed by atoms with Gasteiger partial charge in [-0.1, -0.05) is 6.07 Å². The quantitative estimate of drug-likeness (QED) is 0.879. The molecule has 0 atom stereocenters. The molecule has 2 rings (SSSR count). The number of anilines is 1. The maximum atomic E-state index is 11.9. The normalized spacial score (nSPS) is 15.5. The highest BCUT2D eigenvalue weighted by molar-refractivity contribution is 5.94. The van der Waals surface area contributed by atoms with Crippen molar-refractivity contribution in [2.24, 2.45) is 0 Å². The predicted molar refractivity (Wildman–Crippen MR) is 78.6 cm³/mol. The summed E-state index contributed by atoms with van der Waals surface area (Å²) in [6, 6.07) is 7.71. The van der Waals surface area contributed by atoms with Gasteiger partial charge in [0.1, 0.15) is 0 Å². The molecule has 1 aromatic rings. The van der Waals surface area contributed by atoms with Crippen LogP contribution in [0, 0.1) is 0 Å². The second kappa shape index (κ2) is 6.57. The van der Waals surface area contributed by atoms with Gasteiger partial charge in [0.15, 0.2) is 0 Å². The first-order valence-corrected chi connectivity index (χ1v) is 6.95. The Bertz CT molecular complexity index is 425. The standard InChI is InChI=1S/C15H23N3O/c1-17(2)15(19)13-6-5-7-14(12-13)16-8-11-18-9-3-4-10-18/h5-7,12,16H,3-4,8-11H2,1-2H3. The van der Waals surface area contributed by atoms with Gasteiger partial charge in [0, 0.05) is 38.4 Å². The van der Waals surface area contributed by atoms with Crippen LogP contribution in [0.3, 0.4) is 0 Å². The zero-order chi connectivity index (χ0) is 13.7. The van der Waals surface area contributed by atoms with Gasteiger partial charge in [0.05, 0.1) is 0 Å². The van der Waals surface area contributed by atoms with E-state index in [1.807, 2.05) is 24.3 Å². The average molecular weight is 261 g/mol.